The summed E-state index contributed by atoms with van der Waals surface area (Å²) in [6.07, 6.45) is 1.06. The van der Waals surface area contributed by atoms with Crippen LogP contribution in [0.5, 0.6) is 0 Å². The van der Waals surface area contributed by atoms with E-state index in [0.717, 1.165) is 39.3 Å². The van der Waals surface area contributed by atoms with Crippen molar-refractivity contribution in [2.45, 2.75) is 19.5 Å². The van der Waals surface area contributed by atoms with Crippen LogP contribution in [0.1, 0.15) is 17.5 Å². The van der Waals surface area contributed by atoms with Gasteiger partial charge in [-0.3, -0.25) is 9.69 Å². The number of carbonyl (C=O) groups excluding carboxylic acids is 1. The van der Waals surface area contributed by atoms with E-state index < -0.39 is 0 Å². The molecule has 4 heteroatoms. The number of rotatable bonds is 4. The summed E-state index contributed by atoms with van der Waals surface area (Å²) in [5.41, 5.74) is 2.69. The van der Waals surface area contributed by atoms with Gasteiger partial charge < -0.3 is 10.1 Å². The highest BCUT2D eigenvalue weighted by Gasteiger charge is 2.21. The maximum Gasteiger partial charge on any atom is 0.234 e. The molecule has 2 aliphatic rings. The number of fused-ring (bicyclic) bond motifs is 1. The first-order valence-corrected chi connectivity index (χ1v) is 6.95. The van der Waals surface area contributed by atoms with Gasteiger partial charge in [-0.05, 0) is 17.5 Å². The van der Waals surface area contributed by atoms with E-state index >= 15 is 0 Å². The molecule has 0 spiro atoms. The molecular formula is C15H20N2O2. The number of amides is 1. The fourth-order valence-corrected chi connectivity index (χ4v) is 2.78. The first-order valence-electron chi connectivity index (χ1n) is 6.95. The predicted molar refractivity (Wildman–Crippen MR) is 72.5 cm³/mol. The molecule has 1 fully saturated rings. The van der Waals surface area contributed by atoms with E-state index in [1.54, 1.807) is 0 Å². The van der Waals surface area contributed by atoms with Crippen LogP contribution in [-0.2, 0) is 22.6 Å². The monoisotopic (exact) mass is 260 g/mol. The topological polar surface area (TPSA) is 41.6 Å². The van der Waals surface area contributed by atoms with Crippen LogP contribution in [0.2, 0.25) is 0 Å². The predicted octanol–water partition coefficient (Wildman–Crippen LogP) is 1.15. The third kappa shape index (κ3) is 3.14. The number of ether oxygens (including phenoxy) is 1. The Morgan fingerprint density at radius 3 is 2.68 bits per heavy atom. The van der Waals surface area contributed by atoms with E-state index in [2.05, 4.69) is 34.5 Å². The normalized spacial score (nSPS) is 22.4. The smallest absolute Gasteiger partial charge is 0.234 e. The van der Waals surface area contributed by atoms with Gasteiger partial charge in [0.25, 0.3) is 0 Å². The summed E-state index contributed by atoms with van der Waals surface area (Å²) in [6, 6.07) is 8.40. The average Bonchev–Trinajstić information content (AvgIpc) is 3.04. The summed E-state index contributed by atoms with van der Waals surface area (Å²) in [7, 11) is 0. The van der Waals surface area contributed by atoms with Crippen molar-refractivity contribution in [3.63, 3.8) is 0 Å². The van der Waals surface area contributed by atoms with Gasteiger partial charge in [-0.25, -0.2) is 0 Å². The van der Waals surface area contributed by atoms with Crippen molar-refractivity contribution >= 4 is 5.91 Å². The van der Waals surface area contributed by atoms with Crippen LogP contribution in [0.4, 0.5) is 0 Å². The Kier molecular flexibility index (Phi) is 3.80. The van der Waals surface area contributed by atoms with Gasteiger partial charge >= 0.3 is 0 Å². The Balaban J connectivity index is 1.44. The fraction of sp³-hybridized carbons (Fsp3) is 0.533. The van der Waals surface area contributed by atoms with E-state index in [0.29, 0.717) is 12.5 Å². The van der Waals surface area contributed by atoms with Crippen molar-refractivity contribution in [3.8, 4) is 0 Å². The van der Waals surface area contributed by atoms with Crippen LogP contribution >= 0.6 is 0 Å². The quantitative estimate of drug-likeness (QED) is 0.883. The standard InChI is InChI=1S/C15H20N2O2/c18-15(16-7-12-5-6-19-11-12)10-17-8-13-3-1-2-4-14(13)9-17/h1-4,12H,5-11H2,(H,16,18)/t12-/m1/s1. The number of hydrogen-bond donors (Lipinski definition) is 1. The second-order valence-corrected chi connectivity index (χ2v) is 5.45. The number of hydrogen-bond acceptors (Lipinski definition) is 3. The Labute approximate surface area is 113 Å². The Morgan fingerprint density at radius 2 is 2.05 bits per heavy atom. The average molecular weight is 260 g/mol. The van der Waals surface area contributed by atoms with Gasteiger partial charge in [-0.15, -0.1) is 0 Å². The van der Waals surface area contributed by atoms with Gasteiger partial charge in [0.05, 0.1) is 13.2 Å². The highest BCUT2D eigenvalue weighted by molar-refractivity contribution is 5.78. The zero-order chi connectivity index (χ0) is 13.1. The molecule has 0 radical (unpaired) electrons. The molecule has 2 heterocycles. The van der Waals surface area contributed by atoms with Crippen molar-refractivity contribution in [2.24, 2.45) is 5.92 Å². The first-order chi connectivity index (χ1) is 9.31. The van der Waals surface area contributed by atoms with Crippen molar-refractivity contribution < 1.29 is 9.53 Å². The molecular weight excluding hydrogens is 240 g/mol. The molecule has 0 saturated carbocycles. The molecule has 0 aromatic heterocycles. The SMILES string of the molecule is O=C(CN1Cc2ccccc2C1)NC[C@H]1CCOC1. The fourth-order valence-electron chi connectivity index (χ4n) is 2.78. The van der Waals surface area contributed by atoms with E-state index in [-0.39, 0.29) is 5.91 Å². The molecule has 1 N–H and O–H groups in total. The summed E-state index contributed by atoms with van der Waals surface area (Å²) < 4.78 is 5.30. The summed E-state index contributed by atoms with van der Waals surface area (Å²) in [4.78, 5) is 14.1. The Morgan fingerprint density at radius 1 is 1.32 bits per heavy atom. The molecule has 1 saturated heterocycles. The number of carbonyl (C=O) groups is 1. The van der Waals surface area contributed by atoms with Crippen LogP contribution in [0.15, 0.2) is 24.3 Å². The van der Waals surface area contributed by atoms with Gasteiger partial charge in [0.15, 0.2) is 0 Å². The molecule has 0 unspecified atom stereocenters. The zero-order valence-corrected chi connectivity index (χ0v) is 11.1. The lowest BCUT2D eigenvalue weighted by molar-refractivity contribution is -0.122. The van der Waals surface area contributed by atoms with Crippen molar-refractivity contribution in [1.82, 2.24) is 10.2 Å². The molecule has 2 aliphatic heterocycles. The lowest BCUT2D eigenvalue weighted by Crippen LogP contribution is -2.37. The van der Waals surface area contributed by atoms with E-state index in [1.807, 2.05) is 0 Å². The minimum absolute atomic E-state index is 0.125. The summed E-state index contributed by atoms with van der Waals surface area (Å²) in [5.74, 6) is 0.624. The maximum atomic E-state index is 11.9. The van der Waals surface area contributed by atoms with E-state index in [9.17, 15) is 4.79 Å². The lowest BCUT2D eigenvalue weighted by Gasteiger charge is -2.15. The van der Waals surface area contributed by atoms with Crippen molar-refractivity contribution in [3.05, 3.63) is 35.4 Å². The molecule has 1 atom stereocenters. The van der Waals surface area contributed by atoms with Crippen LogP contribution in [0, 0.1) is 5.92 Å². The van der Waals surface area contributed by atoms with Crippen LogP contribution in [-0.4, -0.2) is 37.1 Å². The highest BCUT2D eigenvalue weighted by Crippen LogP contribution is 2.21. The largest absolute Gasteiger partial charge is 0.381 e. The van der Waals surface area contributed by atoms with Gasteiger partial charge in [0.2, 0.25) is 5.91 Å². The maximum absolute atomic E-state index is 11.9. The number of nitrogens with zero attached hydrogens (tertiary/aromatic N) is 1. The van der Waals surface area contributed by atoms with E-state index in [4.69, 9.17) is 4.74 Å². The van der Waals surface area contributed by atoms with Gasteiger partial charge in [0.1, 0.15) is 0 Å². The minimum atomic E-state index is 0.125. The third-order valence-corrected chi connectivity index (χ3v) is 3.89. The van der Waals surface area contributed by atoms with Crippen molar-refractivity contribution in [1.29, 1.82) is 0 Å². The van der Waals surface area contributed by atoms with Crippen LogP contribution < -0.4 is 5.32 Å². The van der Waals surface area contributed by atoms with Crippen molar-refractivity contribution in [2.75, 3.05) is 26.3 Å². The first kappa shape index (κ1) is 12.6. The summed E-state index contributed by atoms with van der Waals surface area (Å²) in [6.45, 7) is 4.63. The summed E-state index contributed by atoms with van der Waals surface area (Å²) in [5, 5.41) is 3.02. The second-order valence-electron chi connectivity index (χ2n) is 5.45. The van der Waals surface area contributed by atoms with Gasteiger partial charge in [-0.1, -0.05) is 24.3 Å². The Bertz CT molecular complexity index is 430. The molecule has 3 rings (SSSR count). The molecule has 4 nitrogen and oxygen atoms in total. The number of benzene rings is 1. The van der Waals surface area contributed by atoms with Crippen LogP contribution in [0.25, 0.3) is 0 Å². The minimum Gasteiger partial charge on any atom is -0.381 e. The lowest BCUT2D eigenvalue weighted by atomic mass is 10.1. The second kappa shape index (κ2) is 5.72. The Hall–Kier alpha value is -1.39. The molecule has 1 aromatic rings. The summed E-state index contributed by atoms with van der Waals surface area (Å²) >= 11 is 0. The van der Waals surface area contributed by atoms with E-state index in [1.165, 1.54) is 11.1 Å². The van der Waals surface area contributed by atoms with Gasteiger partial charge in [0, 0.05) is 32.2 Å². The number of nitrogens with one attached hydrogen (secondary N) is 1. The molecule has 1 amide bonds. The van der Waals surface area contributed by atoms with Crippen LogP contribution in [0.3, 0.4) is 0 Å². The van der Waals surface area contributed by atoms with Gasteiger partial charge in [-0.2, -0.15) is 0 Å². The third-order valence-electron chi connectivity index (χ3n) is 3.89. The molecule has 0 aliphatic carbocycles. The highest BCUT2D eigenvalue weighted by atomic mass is 16.5. The molecule has 19 heavy (non-hydrogen) atoms. The molecule has 102 valence electrons. The zero-order valence-electron chi connectivity index (χ0n) is 11.1. The molecule has 0 bridgehead atoms. The molecule has 1 aromatic carbocycles.